The lowest BCUT2D eigenvalue weighted by Crippen LogP contribution is -2.28. The van der Waals surface area contributed by atoms with Gasteiger partial charge in [0.25, 0.3) is 0 Å². The van der Waals surface area contributed by atoms with Crippen LogP contribution in [0.15, 0.2) is 23.5 Å². The first-order chi connectivity index (χ1) is 7.63. The van der Waals surface area contributed by atoms with Crippen molar-refractivity contribution in [3.05, 3.63) is 29.8 Å². The van der Waals surface area contributed by atoms with E-state index in [1.165, 1.54) is 12.3 Å². The average Bonchev–Trinajstić information content (AvgIpc) is 2.61. The Morgan fingerprint density at radius 1 is 1.56 bits per heavy atom. The summed E-state index contributed by atoms with van der Waals surface area (Å²) in [5.74, 6) is 0.522. The molecule has 3 nitrogen and oxygen atoms in total. The molecule has 0 radical (unpaired) electrons. The van der Waals surface area contributed by atoms with Gasteiger partial charge in [-0.3, -0.25) is 9.98 Å². The summed E-state index contributed by atoms with van der Waals surface area (Å²) in [6, 6.07) is 1.46. The van der Waals surface area contributed by atoms with Crippen LogP contribution in [0.25, 0.3) is 0 Å². The van der Waals surface area contributed by atoms with Gasteiger partial charge >= 0.3 is 0 Å². The van der Waals surface area contributed by atoms with E-state index < -0.39 is 0 Å². The summed E-state index contributed by atoms with van der Waals surface area (Å²) in [4.78, 5) is 8.39. The molecule has 0 saturated heterocycles. The van der Waals surface area contributed by atoms with E-state index in [1.54, 1.807) is 25.1 Å². The lowest BCUT2D eigenvalue weighted by Gasteiger charge is -2.17. The number of nitrogens with zero attached hydrogens (tertiary/aromatic N) is 2. The zero-order chi connectivity index (χ0) is 11.6. The highest BCUT2D eigenvalue weighted by atomic mass is 32.2. The van der Waals surface area contributed by atoms with Gasteiger partial charge in [-0.05, 0) is 13.0 Å². The van der Waals surface area contributed by atoms with Gasteiger partial charge in [0, 0.05) is 24.6 Å². The van der Waals surface area contributed by atoms with Crippen LogP contribution < -0.4 is 0 Å². The summed E-state index contributed by atoms with van der Waals surface area (Å²) in [7, 11) is 1.66. The fourth-order valence-corrected chi connectivity index (χ4v) is 2.75. The zero-order valence-corrected chi connectivity index (χ0v) is 10.1. The van der Waals surface area contributed by atoms with E-state index in [-0.39, 0.29) is 11.4 Å². The van der Waals surface area contributed by atoms with Crippen LogP contribution in [-0.2, 0) is 4.74 Å². The van der Waals surface area contributed by atoms with Crippen LogP contribution in [-0.4, -0.2) is 35.0 Å². The van der Waals surface area contributed by atoms with Gasteiger partial charge in [0.05, 0.1) is 18.3 Å². The van der Waals surface area contributed by atoms with Gasteiger partial charge in [0.15, 0.2) is 0 Å². The topological polar surface area (TPSA) is 34.5 Å². The second kappa shape index (κ2) is 4.51. The van der Waals surface area contributed by atoms with Gasteiger partial charge in [0.2, 0.25) is 0 Å². The third-order valence-electron chi connectivity index (χ3n) is 2.30. The van der Waals surface area contributed by atoms with Crippen molar-refractivity contribution in [1.82, 2.24) is 4.98 Å². The average molecular weight is 240 g/mol. The van der Waals surface area contributed by atoms with Crippen molar-refractivity contribution >= 4 is 16.8 Å². The number of rotatable bonds is 3. The first kappa shape index (κ1) is 11.5. The molecule has 0 aliphatic carbocycles. The summed E-state index contributed by atoms with van der Waals surface area (Å²) >= 11 is 1.61. The van der Waals surface area contributed by atoms with Crippen molar-refractivity contribution in [3.63, 3.8) is 0 Å². The van der Waals surface area contributed by atoms with Gasteiger partial charge in [-0.15, -0.1) is 11.8 Å². The smallest absolute Gasteiger partial charge is 0.142 e. The Morgan fingerprint density at radius 3 is 3.06 bits per heavy atom. The Labute approximate surface area is 98.1 Å². The Hall–Kier alpha value is -0.940. The van der Waals surface area contributed by atoms with Crippen LogP contribution >= 0.6 is 11.8 Å². The summed E-state index contributed by atoms with van der Waals surface area (Å²) < 4.78 is 18.1. The molecule has 2 heterocycles. The third-order valence-corrected chi connectivity index (χ3v) is 3.67. The molecule has 5 heteroatoms. The quantitative estimate of drug-likeness (QED) is 0.811. The molecule has 0 fully saturated rings. The summed E-state index contributed by atoms with van der Waals surface area (Å²) in [6.45, 7) is 2.61. The first-order valence-corrected chi connectivity index (χ1v) is 5.94. The highest BCUT2D eigenvalue weighted by molar-refractivity contribution is 8.14. The summed E-state index contributed by atoms with van der Waals surface area (Å²) in [5.41, 5.74) is 0.533. The molecule has 1 aromatic rings. The van der Waals surface area contributed by atoms with E-state index in [0.717, 1.165) is 16.4 Å². The molecule has 2 rings (SSSR count). The third kappa shape index (κ3) is 2.41. The largest absolute Gasteiger partial charge is 0.382 e. The molecule has 0 saturated carbocycles. The standard InChI is InChI=1S/C11H13FN2OS/c1-11(6-15-2)7-16-10(14-11)8-3-9(12)5-13-4-8/h3-5H,6-7H2,1-2H3. The normalized spacial score (nSPS) is 24.6. The van der Waals surface area contributed by atoms with Crippen LogP contribution in [0.2, 0.25) is 0 Å². The number of aromatic nitrogens is 1. The second-order valence-electron chi connectivity index (χ2n) is 4.03. The lowest BCUT2D eigenvalue weighted by atomic mass is 10.1. The number of hydrogen-bond donors (Lipinski definition) is 0. The number of aliphatic imine (C=N–C) groups is 1. The van der Waals surface area contributed by atoms with Gasteiger partial charge in [-0.2, -0.15) is 0 Å². The number of pyridine rings is 1. The minimum Gasteiger partial charge on any atom is -0.382 e. The highest BCUT2D eigenvalue weighted by Crippen LogP contribution is 2.30. The number of ether oxygens (including phenoxy) is 1. The lowest BCUT2D eigenvalue weighted by molar-refractivity contribution is 0.153. The minimum absolute atomic E-state index is 0.207. The maximum absolute atomic E-state index is 13.0. The van der Waals surface area contributed by atoms with Crippen molar-refractivity contribution in [3.8, 4) is 0 Å². The first-order valence-electron chi connectivity index (χ1n) is 4.95. The molecule has 0 N–H and O–H groups in total. The van der Waals surface area contributed by atoms with Crippen LogP contribution in [0.5, 0.6) is 0 Å². The number of halogens is 1. The Kier molecular flexibility index (Phi) is 3.25. The molecule has 1 aliphatic heterocycles. The van der Waals surface area contributed by atoms with E-state index in [0.29, 0.717) is 6.61 Å². The van der Waals surface area contributed by atoms with Crippen LogP contribution in [0.3, 0.4) is 0 Å². The van der Waals surface area contributed by atoms with E-state index in [9.17, 15) is 4.39 Å². The molecule has 0 amide bonds. The van der Waals surface area contributed by atoms with E-state index in [1.807, 2.05) is 6.92 Å². The van der Waals surface area contributed by atoms with E-state index in [4.69, 9.17) is 4.74 Å². The maximum atomic E-state index is 13.0. The molecule has 16 heavy (non-hydrogen) atoms. The van der Waals surface area contributed by atoms with Gasteiger partial charge in [-0.25, -0.2) is 4.39 Å². The minimum atomic E-state index is -0.332. The molecule has 0 bridgehead atoms. The van der Waals surface area contributed by atoms with Crippen molar-refractivity contribution < 1.29 is 9.13 Å². The highest BCUT2D eigenvalue weighted by Gasteiger charge is 2.31. The van der Waals surface area contributed by atoms with Crippen LogP contribution in [0.4, 0.5) is 4.39 Å². The van der Waals surface area contributed by atoms with Crippen molar-refractivity contribution in [2.45, 2.75) is 12.5 Å². The summed E-state index contributed by atoms with van der Waals surface area (Å²) in [5, 5.41) is 0.839. The number of hydrogen-bond acceptors (Lipinski definition) is 4. The van der Waals surface area contributed by atoms with Crippen LogP contribution in [0, 0.1) is 5.82 Å². The number of methoxy groups -OCH3 is 1. The van der Waals surface area contributed by atoms with Gasteiger partial charge < -0.3 is 4.74 Å². The Bertz CT molecular complexity index is 424. The summed E-state index contributed by atoms with van der Waals surface area (Å²) in [6.07, 6.45) is 2.82. The molecule has 1 aromatic heterocycles. The van der Waals surface area contributed by atoms with Crippen LogP contribution in [0.1, 0.15) is 12.5 Å². The van der Waals surface area contributed by atoms with Crippen molar-refractivity contribution in [2.24, 2.45) is 4.99 Å². The number of thioether (sulfide) groups is 1. The van der Waals surface area contributed by atoms with Crippen molar-refractivity contribution in [2.75, 3.05) is 19.5 Å². The monoisotopic (exact) mass is 240 g/mol. The Balaban J connectivity index is 2.24. The predicted octanol–water partition coefficient (Wildman–Crippen LogP) is 2.12. The zero-order valence-electron chi connectivity index (χ0n) is 9.24. The van der Waals surface area contributed by atoms with Crippen molar-refractivity contribution in [1.29, 1.82) is 0 Å². The second-order valence-corrected chi connectivity index (χ2v) is 4.99. The molecule has 1 unspecified atom stereocenters. The fourth-order valence-electron chi connectivity index (χ4n) is 1.60. The van der Waals surface area contributed by atoms with E-state index >= 15 is 0 Å². The fraction of sp³-hybridized carbons (Fsp3) is 0.455. The van der Waals surface area contributed by atoms with E-state index in [2.05, 4.69) is 9.98 Å². The predicted molar refractivity (Wildman–Crippen MR) is 63.5 cm³/mol. The molecular formula is C11H13FN2OS. The maximum Gasteiger partial charge on any atom is 0.142 e. The molecule has 0 aromatic carbocycles. The molecule has 0 spiro atoms. The van der Waals surface area contributed by atoms with Gasteiger partial charge in [0.1, 0.15) is 10.9 Å². The SMILES string of the molecule is COCC1(C)CSC(c2cncc(F)c2)=N1. The molecular weight excluding hydrogens is 227 g/mol. The van der Waals surface area contributed by atoms with Gasteiger partial charge in [-0.1, -0.05) is 0 Å². The molecule has 1 atom stereocenters. The molecule has 1 aliphatic rings. The molecule has 86 valence electrons. The Morgan fingerprint density at radius 2 is 2.38 bits per heavy atom.